The summed E-state index contributed by atoms with van der Waals surface area (Å²) in [5.74, 6) is 0. The van der Waals surface area contributed by atoms with Gasteiger partial charge in [-0.3, -0.25) is 0 Å². The second-order valence-electron chi connectivity index (χ2n) is 3.94. The largest absolute Gasteiger partial charge is 0.346 e. The number of hydrogen-bond donors (Lipinski definition) is 2. The Morgan fingerprint density at radius 3 is 2.93 bits per heavy atom. The summed E-state index contributed by atoms with van der Waals surface area (Å²) in [6, 6.07) is 6.30. The first kappa shape index (κ1) is 8.00. The summed E-state index contributed by atoms with van der Waals surface area (Å²) in [6.07, 6.45) is 4.33. The Balaban J connectivity index is 2.13. The molecule has 3 heteroatoms. The standard InChI is InChI=1S/C11H13N3/c1-12-11(5-6-11)9-3-2-8-4-7-13-10(8)14-9/h2-4,7,12H,5-6H2,1H3,(H,13,14). The van der Waals surface area contributed by atoms with E-state index >= 15 is 0 Å². The lowest BCUT2D eigenvalue weighted by molar-refractivity contribution is 0.569. The van der Waals surface area contributed by atoms with Crippen LogP contribution in [0.3, 0.4) is 0 Å². The van der Waals surface area contributed by atoms with Crippen LogP contribution in [-0.4, -0.2) is 17.0 Å². The number of aromatic amines is 1. The van der Waals surface area contributed by atoms with Gasteiger partial charge in [0.1, 0.15) is 5.65 Å². The third-order valence-corrected chi connectivity index (χ3v) is 3.13. The second-order valence-corrected chi connectivity index (χ2v) is 3.94. The molecule has 3 rings (SSSR count). The third-order valence-electron chi connectivity index (χ3n) is 3.13. The molecule has 2 aromatic rings. The van der Waals surface area contributed by atoms with Gasteiger partial charge in [0.2, 0.25) is 0 Å². The first-order valence-electron chi connectivity index (χ1n) is 4.98. The summed E-state index contributed by atoms with van der Waals surface area (Å²) in [4.78, 5) is 7.77. The Labute approximate surface area is 82.5 Å². The van der Waals surface area contributed by atoms with Gasteiger partial charge in [-0.25, -0.2) is 4.98 Å². The molecule has 2 N–H and O–H groups in total. The molecule has 3 nitrogen and oxygen atoms in total. The molecule has 0 bridgehead atoms. The van der Waals surface area contributed by atoms with Gasteiger partial charge < -0.3 is 10.3 Å². The molecular formula is C11H13N3. The molecule has 1 saturated carbocycles. The van der Waals surface area contributed by atoms with E-state index in [9.17, 15) is 0 Å². The van der Waals surface area contributed by atoms with Gasteiger partial charge in [0.25, 0.3) is 0 Å². The predicted molar refractivity (Wildman–Crippen MR) is 56.1 cm³/mol. The minimum absolute atomic E-state index is 0.166. The van der Waals surface area contributed by atoms with Crippen LogP contribution in [0.1, 0.15) is 18.5 Å². The van der Waals surface area contributed by atoms with Crippen molar-refractivity contribution in [2.75, 3.05) is 7.05 Å². The van der Waals surface area contributed by atoms with Crippen LogP contribution < -0.4 is 5.32 Å². The Morgan fingerprint density at radius 1 is 1.36 bits per heavy atom. The molecule has 0 spiro atoms. The average Bonchev–Trinajstić information content (AvgIpc) is 2.89. The minimum Gasteiger partial charge on any atom is -0.346 e. The zero-order chi connectivity index (χ0) is 9.60. The molecule has 14 heavy (non-hydrogen) atoms. The van der Waals surface area contributed by atoms with Crippen LogP contribution in [0.25, 0.3) is 11.0 Å². The Kier molecular flexibility index (Phi) is 1.47. The van der Waals surface area contributed by atoms with Gasteiger partial charge in [-0.15, -0.1) is 0 Å². The Hall–Kier alpha value is -1.35. The molecule has 0 atom stereocenters. The van der Waals surface area contributed by atoms with Crippen LogP contribution in [0.4, 0.5) is 0 Å². The lowest BCUT2D eigenvalue weighted by Gasteiger charge is -2.12. The van der Waals surface area contributed by atoms with Gasteiger partial charge in [-0.2, -0.15) is 0 Å². The zero-order valence-corrected chi connectivity index (χ0v) is 8.17. The summed E-state index contributed by atoms with van der Waals surface area (Å²) in [6.45, 7) is 0. The minimum atomic E-state index is 0.166. The number of aromatic nitrogens is 2. The lowest BCUT2D eigenvalue weighted by Crippen LogP contribution is -2.25. The molecule has 0 unspecified atom stereocenters. The quantitative estimate of drug-likeness (QED) is 0.752. The van der Waals surface area contributed by atoms with Crippen molar-refractivity contribution in [2.45, 2.75) is 18.4 Å². The van der Waals surface area contributed by atoms with Gasteiger partial charge in [0.15, 0.2) is 0 Å². The molecule has 0 aromatic carbocycles. The van der Waals surface area contributed by atoms with E-state index in [1.807, 2.05) is 19.3 Å². The van der Waals surface area contributed by atoms with E-state index in [-0.39, 0.29) is 5.54 Å². The number of fused-ring (bicyclic) bond motifs is 1. The molecule has 2 aromatic heterocycles. The maximum absolute atomic E-state index is 4.62. The van der Waals surface area contributed by atoms with E-state index in [4.69, 9.17) is 0 Å². The molecule has 1 aliphatic rings. The van der Waals surface area contributed by atoms with Gasteiger partial charge in [-0.1, -0.05) is 0 Å². The summed E-state index contributed by atoms with van der Waals surface area (Å²) in [5, 5.41) is 4.53. The van der Waals surface area contributed by atoms with Crippen molar-refractivity contribution >= 4 is 11.0 Å². The van der Waals surface area contributed by atoms with E-state index in [2.05, 4.69) is 27.4 Å². The number of rotatable bonds is 2. The average molecular weight is 187 g/mol. The second kappa shape index (κ2) is 2.58. The first-order chi connectivity index (χ1) is 6.84. The fraction of sp³-hybridized carbons (Fsp3) is 0.364. The molecule has 0 aliphatic heterocycles. The van der Waals surface area contributed by atoms with Gasteiger partial charge in [0, 0.05) is 11.6 Å². The van der Waals surface area contributed by atoms with Crippen molar-refractivity contribution in [2.24, 2.45) is 0 Å². The SMILES string of the molecule is CNC1(c2ccc3cc[nH]c3n2)CC1. The number of nitrogens with one attached hydrogen (secondary N) is 2. The molecule has 0 radical (unpaired) electrons. The number of nitrogens with zero attached hydrogens (tertiary/aromatic N) is 1. The highest BCUT2D eigenvalue weighted by atomic mass is 15.0. The normalized spacial score (nSPS) is 18.6. The molecule has 1 fully saturated rings. The summed E-state index contributed by atoms with van der Waals surface area (Å²) < 4.78 is 0. The molecular weight excluding hydrogens is 174 g/mol. The maximum atomic E-state index is 4.62. The van der Waals surface area contributed by atoms with Crippen molar-refractivity contribution in [1.82, 2.24) is 15.3 Å². The van der Waals surface area contributed by atoms with Crippen molar-refractivity contribution < 1.29 is 0 Å². The third kappa shape index (κ3) is 0.990. The Morgan fingerprint density at radius 2 is 2.21 bits per heavy atom. The first-order valence-corrected chi connectivity index (χ1v) is 4.98. The van der Waals surface area contributed by atoms with Gasteiger partial charge in [0.05, 0.1) is 11.2 Å². The molecule has 2 heterocycles. The van der Waals surface area contributed by atoms with Crippen LogP contribution in [0.2, 0.25) is 0 Å². The molecule has 0 saturated heterocycles. The van der Waals surface area contributed by atoms with Crippen LogP contribution in [0.5, 0.6) is 0 Å². The highest BCUT2D eigenvalue weighted by molar-refractivity contribution is 5.75. The van der Waals surface area contributed by atoms with E-state index in [1.54, 1.807) is 0 Å². The maximum Gasteiger partial charge on any atom is 0.137 e. The van der Waals surface area contributed by atoms with E-state index in [1.165, 1.54) is 18.2 Å². The molecule has 72 valence electrons. The molecule has 0 amide bonds. The number of hydrogen-bond acceptors (Lipinski definition) is 2. The van der Waals surface area contributed by atoms with Crippen molar-refractivity contribution in [3.63, 3.8) is 0 Å². The summed E-state index contributed by atoms with van der Waals surface area (Å²) in [7, 11) is 2.01. The number of pyridine rings is 1. The lowest BCUT2D eigenvalue weighted by atomic mass is 10.1. The zero-order valence-electron chi connectivity index (χ0n) is 8.17. The van der Waals surface area contributed by atoms with Crippen LogP contribution in [-0.2, 0) is 5.54 Å². The summed E-state index contributed by atoms with van der Waals surface area (Å²) >= 11 is 0. The van der Waals surface area contributed by atoms with Gasteiger partial charge >= 0.3 is 0 Å². The smallest absolute Gasteiger partial charge is 0.137 e. The van der Waals surface area contributed by atoms with Gasteiger partial charge in [-0.05, 0) is 38.1 Å². The Bertz CT molecular complexity index is 468. The fourth-order valence-electron chi connectivity index (χ4n) is 1.96. The monoisotopic (exact) mass is 187 g/mol. The van der Waals surface area contributed by atoms with E-state index in [0.717, 1.165) is 11.3 Å². The van der Waals surface area contributed by atoms with Crippen molar-refractivity contribution in [3.8, 4) is 0 Å². The summed E-state index contributed by atoms with van der Waals surface area (Å²) in [5.41, 5.74) is 2.32. The van der Waals surface area contributed by atoms with Crippen LogP contribution in [0, 0.1) is 0 Å². The predicted octanol–water partition coefficient (Wildman–Crippen LogP) is 1.77. The van der Waals surface area contributed by atoms with E-state index in [0.29, 0.717) is 0 Å². The van der Waals surface area contributed by atoms with Crippen LogP contribution in [0.15, 0.2) is 24.4 Å². The van der Waals surface area contributed by atoms with Crippen molar-refractivity contribution in [1.29, 1.82) is 0 Å². The van der Waals surface area contributed by atoms with Crippen LogP contribution >= 0.6 is 0 Å². The molecule has 1 aliphatic carbocycles. The fourth-order valence-corrected chi connectivity index (χ4v) is 1.96. The highest BCUT2D eigenvalue weighted by Gasteiger charge is 2.44. The topological polar surface area (TPSA) is 40.7 Å². The van der Waals surface area contributed by atoms with E-state index < -0.39 is 0 Å². The van der Waals surface area contributed by atoms with Crippen molar-refractivity contribution in [3.05, 3.63) is 30.1 Å². The number of H-pyrrole nitrogens is 1. The highest BCUT2D eigenvalue weighted by Crippen LogP contribution is 2.44.